The average molecular weight is 249 g/mol. The van der Waals surface area contributed by atoms with Crippen LogP contribution in [0.25, 0.3) is 0 Å². The number of ether oxygens (including phenoxy) is 1. The van der Waals surface area contributed by atoms with Crippen molar-refractivity contribution >= 4 is 5.69 Å². The minimum Gasteiger partial charge on any atom is -0.497 e. The highest BCUT2D eigenvalue weighted by molar-refractivity contribution is 5.51. The van der Waals surface area contributed by atoms with E-state index >= 15 is 0 Å². The molecule has 1 aromatic carbocycles. The Labute approximate surface area is 109 Å². The molecule has 0 saturated carbocycles. The summed E-state index contributed by atoms with van der Waals surface area (Å²) in [7, 11) is 1.67. The van der Waals surface area contributed by atoms with Gasteiger partial charge in [0.15, 0.2) is 0 Å². The number of likely N-dealkylation sites (N-methyl/N-ethyl adjacent to an activating group) is 1. The van der Waals surface area contributed by atoms with Gasteiger partial charge in [-0.25, -0.2) is 0 Å². The molecular formula is C14H23N3O. The fourth-order valence-corrected chi connectivity index (χ4v) is 2.35. The first-order valence-electron chi connectivity index (χ1n) is 6.60. The Hall–Kier alpha value is -1.26. The Morgan fingerprint density at radius 1 is 1.17 bits per heavy atom. The van der Waals surface area contributed by atoms with E-state index in [1.54, 1.807) is 7.11 Å². The number of anilines is 1. The van der Waals surface area contributed by atoms with E-state index in [-0.39, 0.29) is 0 Å². The lowest BCUT2D eigenvalue weighted by atomic mass is 10.1. The van der Waals surface area contributed by atoms with Gasteiger partial charge in [-0.2, -0.15) is 0 Å². The first-order valence-corrected chi connectivity index (χ1v) is 6.60. The SMILES string of the molecule is CCN1CCN(Cc2ccc(OC)cc2N)CC1. The van der Waals surface area contributed by atoms with E-state index in [2.05, 4.69) is 22.8 Å². The molecule has 0 spiro atoms. The van der Waals surface area contributed by atoms with E-state index in [0.29, 0.717) is 0 Å². The van der Waals surface area contributed by atoms with Crippen molar-refractivity contribution in [2.75, 3.05) is 45.6 Å². The molecule has 0 amide bonds. The highest BCUT2D eigenvalue weighted by Gasteiger charge is 2.16. The van der Waals surface area contributed by atoms with Gasteiger partial charge in [0.25, 0.3) is 0 Å². The molecule has 2 N–H and O–H groups in total. The lowest BCUT2D eigenvalue weighted by Gasteiger charge is -2.34. The predicted molar refractivity (Wildman–Crippen MR) is 74.8 cm³/mol. The van der Waals surface area contributed by atoms with Gasteiger partial charge in [-0.05, 0) is 18.2 Å². The summed E-state index contributed by atoms with van der Waals surface area (Å²) in [6.45, 7) is 8.88. The lowest BCUT2D eigenvalue weighted by Crippen LogP contribution is -2.45. The van der Waals surface area contributed by atoms with Gasteiger partial charge >= 0.3 is 0 Å². The monoisotopic (exact) mass is 249 g/mol. The molecule has 2 rings (SSSR count). The summed E-state index contributed by atoms with van der Waals surface area (Å²) < 4.78 is 5.17. The topological polar surface area (TPSA) is 41.7 Å². The number of methoxy groups -OCH3 is 1. The molecule has 4 nitrogen and oxygen atoms in total. The van der Waals surface area contributed by atoms with Crippen LogP contribution in [0, 0.1) is 0 Å². The molecule has 4 heteroatoms. The van der Waals surface area contributed by atoms with Crippen molar-refractivity contribution in [1.29, 1.82) is 0 Å². The average Bonchev–Trinajstić information content (AvgIpc) is 2.42. The first-order chi connectivity index (χ1) is 8.72. The van der Waals surface area contributed by atoms with Crippen molar-refractivity contribution in [1.82, 2.24) is 9.80 Å². The number of nitrogen functional groups attached to an aromatic ring is 1. The summed E-state index contributed by atoms with van der Waals surface area (Å²) in [5.74, 6) is 0.826. The molecule has 0 radical (unpaired) electrons. The number of nitrogens with zero attached hydrogens (tertiary/aromatic N) is 2. The van der Waals surface area contributed by atoms with Crippen LogP contribution in [0.3, 0.4) is 0 Å². The largest absolute Gasteiger partial charge is 0.497 e. The number of hydrogen-bond acceptors (Lipinski definition) is 4. The first kappa shape index (κ1) is 13.2. The smallest absolute Gasteiger partial charge is 0.120 e. The lowest BCUT2D eigenvalue weighted by molar-refractivity contribution is 0.132. The molecule has 0 unspecified atom stereocenters. The maximum Gasteiger partial charge on any atom is 0.120 e. The number of hydrogen-bond donors (Lipinski definition) is 1. The van der Waals surface area contributed by atoms with Gasteiger partial charge in [0.05, 0.1) is 7.11 Å². The molecule has 1 saturated heterocycles. The number of benzene rings is 1. The highest BCUT2D eigenvalue weighted by atomic mass is 16.5. The Kier molecular flexibility index (Phi) is 4.44. The molecule has 0 aliphatic carbocycles. The molecule has 0 aromatic heterocycles. The third-order valence-electron chi connectivity index (χ3n) is 3.66. The Morgan fingerprint density at radius 2 is 1.83 bits per heavy atom. The van der Waals surface area contributed by atoms with Crippen LogP contribution in [-0.4, -0.2) is 49.6 Å². The highest BCUT2D eigenvalue weighted by Crippen LogP contribution is 2.21. The van der Waals surface area contributed by atoms with Gasteiger partial charge in [-0.3, -0.25) is 4.90 Å². The van der Waals surface area contributed by atoms with Crippen LogP contribution >= 0.6 is 0 Å². The van der Waals surface area contributed by atoms with Crippen LogP contribution in [-0.2, 0) is 6.54 Å². The maximum absolute atomic E-state index is 6.05. The van der Waals surface area contributed by atoms with Crippen molar-refractivity contribution in [2.45, 2.75) is 13.5 Å². The van der Waals surface area contributed by atoms with E-state index in [0.717, 1.165) is 50.7 Å². The second-order valence-corrected chi connectivity index (χ2v) is 4.78. The zero-order valence-corrected chi connectivity index (χ0v) is 11.4. The fourth-order valence-electron chi connectivity index (χ4n) is 2.35. The minimum absolute atomic E-state index is 0.826. The third-order valence-corrected chi connectivity index (χ3v) is 3.66. The van der Waals surface area contributed by atoms with Gasteiger partial charge in [0.1, 0.15) is 5.75 Å². The van der Waals surface area contributed by atoms with Gasteiger partial charge in [-0.1, -0.05) is 13.0 Å². The molecule has 1 aromatic rings. The summed E-state index contributed by atoms with van der Waals surface area (Å²) in [5, 5.41) is 0. The van der Waals surface area contributed by atoms with E-state index in [9.17, 15) is 0 Å². The number of piperazine rings is 1. The summed E-state index contributed by atoms with van der Waals surface area (Å²) >= 11 is 0. The van der Waals surface area contributed by atoms with E-state index in [1.165, 1.54) is 5.56 Å². The zero-order valence-electron chi connectivity index (χ0n) is 11.4. The minimum atomic E-state index is 0.826. The molecule has 1 aliphatic heterocycles. The fraction of sp³-hybridized carbons (Fsp3) is 0.571. The second kappa shape index (κ2) is 6.07. The molecule has 1 aliphatic rings. The van der Waals surface area contributed by atoms with Crippen molar-refractivity contribution < 1.29 is 4.74 Å². The quantitative estimate of drug-likeness (QED) is 0.819. The molecular weight excluding hydrogens is 226 g/mol. The van der Waals surface area contributed by atoms with Crippen molar-refractivity contribution in [3.8, 4) is 5.75 Å². The predicted octanol–water partition coefficient (Wildman–Crippen LogP) is 1.41. The normalized spacial score (nSPS) is 17.9. The Morgan fingerprint density at radius 3 is 2.39 bits per heavy atom. The maximum atomic E-state index is 6.05. The van der Waals surface area contributed by atoms with Crippen molar-refractivity contribution in [3.63, 3.8) is 0 Å². The third kappa shape index (κ3) is 3.15. The molecule has 100 valence electrons. The van der Waals surface area contributed by atoms with Crippen LogP contribution < -0.4 is 10.5 Å². The van der Waals surface area contributed by atoms with Crippen LogP contribution in [0.4, 0.5) is 5.69 Å². The molecule has 1 fully saturated rings. The number of rotatable bonds is 4. The summed E-state index contributed by atoms with van der Waals surface area (Å²) in [6.07, 6.45) is 0. The molecule has 0 bridgehead atoms. The van der Waals surface area contributed by atoms with E-state index in [4.69, 9.17) is 10.5 Å². The van der Waals surface area contributed by atoms with Gasteiger partial charge in [0, 0.05) is 44.5 Å². The van der Waals surface area contributed by atoms with Crippen LogP contribution in [0.5, 0.6) is 5.75 Å². The van der Waals surface area contributed by atoms with Crippen molar-refractivity contribution in [3.05, 3.63) is 23.8 Å². The Balaban J connectivity index is 1.94. The molecule has 0 atom stereocenters. The Bertz CT molecular complexity index is 387. The van der Waals surface area contributed by atoms with Gasteiger partial charge in [0.2, 0.25) is 0 Å². The summed E-state index contributed by atoms with van der Waals surface area (Å²) in [6, 6.07) is 5.95. The van der Waals surface area contributed by atoms with Crippen molar-refractivity contribution in [2.24, 2.45) is 0 Å². The summed E-state index contributed by atoms with van der Waals surface area (Å²) in [5.41, 5.74) is 8.07. The second-order valence-electron chi connectivity index (χ2n) is 4.78. The van der Waals surface area contributed by atoms with E-state index in [1.807, 2.05) is 12.1 Å². The number of nitrogens with two attached hydrogens (primary N) is 1. The van der Waals surface area contributed by atoms with Crippen LogP contribution in [0.15, 0.2) is 18.2 Å². The molecule has 1 heterocycles. The van der Waals surface area contributed by atoms with Gasteiger partial charge < -0.3 is 15.4 Å². The zero-order chi connectivity index (χ0) is 13.0. The standard InChI is InChI=1S/C14H23N3O/c1-3-16-6-8-17(9-7-16)11-12-4-5-13(18-2)10-14(12)15/h4-5,10H,3,6-9,11,15H2,1-2H3. The van der Waals surface area contributed by atoms with Crippen LogP contribution in [0.1, 0.15) is 12.5 Å². The van der Waals surface area contributed by atoms with Crippen LogP contribution in [0.2, 0.25) is 0 Å². The van der Waals surface area contributed by atoms with E-state index < -0.39 is 0 Å². The molecule has 18 heavy (non-hydrogen) atoms. The van der Waals surface area contributed by atoms with Gasteiger partial charge in [-0.15, -0.1) is 0 Å². The summed E-state index contributed by atoms with van der Waals surface area (Å²) in [4.78, 5) is 4.94.